The van der Waals surface area contributed by atoms with E-state index in [-0.39, 0.29) is 6.03 Å². The van der Waals surface area contributed by atoms with Crippen LogP contribution in [0.15, 0.2) is 24.3 Å². The van der Waals surface area contributed by atoms with E-state index in [2.05, 4.69) is 16.0 Å². The molecule has 19 heavy (non-hydrogen) atoms. The number of carbonyl (C=O) groups is 1. The first-order valence-electron chi connectivity index (χ1n) is 6.59. The van der Waals surface area contributed by atoms with Gasteiger partial charge in [0.15, 0.2) is 0 Å². The van der Waals surface area contributed by atoms with E-state index < -0.39 is 0 Å². The predicted octanol–water partition coefficient (Wildman–Crippen LogP) is 1.95. The Balaban J connectivity index is 2.29. The highest BCUT2D eigenvalue weighted by molar-refractivity contribution is 5.73. The van der Waals surface area contributed by atoms with Crippen molar-refractivity contribution < 1.29 is 9.53 Å². The van der Waals surface area contributed by atoms with Crippen LogP contribution < -0.4 is 16.0 Å². The maximum Gasteiger partial charge on any atom is 0.315 e. The van der Waals surface area contributed by atoms with Crippen LogP contribution in [-0.4, -0.2) is 32.8 Å². The molecule has 0 spiro atoms. The Morgan fingerprint density at radius 2 is 1.89 bits per heavy atom. The van der Waals surface area contributed by atoms with Crippen LogP contribution in [0.2, 0.25) is 0 Å². The molecule has 5 heteroatoms. The number of anilines is 1. The van der Waals surface area contributed by atoms with E-state index in [1.807, 2.05) is 31.2 Å². The van der Waals surface area contributed by atoms with E-state index in [9.17, 15) is 4.79 Å². The van der Waals surface area contributed by atoms with Crippen LogP contribution in [0.25, 0.3) is 0 Å². The molecule has 1 rings (SSSR count). The Morgan fingerprint density at radius 3 is 2.53 bits per heavy atom. The van der Waals surface area contributed by atoms with Gasteiger partial charge in [0.1, 0.15) is 0 Å². The smallest absolute Gasteiger partial charge is 0.315 e. The van der Waals surface area contributed by atoms with Gasteiger partial charge in [-0.3, -0.25) is 0 Å². The summed E-state index contributed by atoms with van der Waals surface area (Å²) in [6, 6.07) is 7.86. The van der Waals surface area contributed by atoms with E-state index in [1.54, 1.807) is 7.11 Å². The number of urea groups is 1. The van der Waals surface area contributed by atoms with Gasteiger partial charge in [0.2, 0.25) is 0 Å². The number of methoxy groups -OCH3 is 1. The van der Waals surface area contributed by atoms with Gasteiger partial charge < -0.3 is 20.7 Å². The van der Waals surface area contributed by atoms with Gasteiger partial charge in [-0.1, -0.05) is 19.1 Å². The quantitative estimate of drug-likeness (QED) is 0.630. The fourth-order valence-corrected chi connectivity index (χ4v) is 1.52. The fourth-order valence-electron chi connectivity index (χ4n) is 1.52. The molecule has 0 aromatic heterocycles. The van der Waals surface area contributed by atoms with Crippen LogP contribution in [0, 0.1) is 0 Å². The maximum absolute atomic E-state index is 11.4. The van der Waals surface area contributed by atoms with Crippen molar-refractivity contribution >= 4 is 11.7 Å². The molecule has 0 aliphatic heterocycles. The summed E-state index contributed by atoms with van der Waals surface area (Å²) in [5.74, 6) is 0. The van der Waals surface area contributed by atoms with Gasteiger partial charge in [0.25, 0.3) is 0 Å². The summed E-state index contributed by atoms with van der Waals surface area (Å²) in [6.45, 7) is 4.73. The highest BCUT2D eigenvalue weighted by Gasteiger charge is 1.99. The van der Waals surface area contributed by atoms with Crippen LogP contribution in [0.5, 0.6) is 0 Å². The molecule has 0 aliphatic carbocycles. The molecule has 0 aliphatic rings. The SMILES string of the molecule is CCCNC(=O)NCc1ccc(NCCOC)cc1. The first kappa shape index (κ1) is 15.3. The van der Waals surface area contributed by atoms with E-state index in [0.29, 0.717) is 19.7 Å². The van der Waals surface area contributed by atoms with Gasteiger partial charge in [-0.2, -0.15) is 0 Å². The topological polar surface area (TPSA) is 62.4 Å². The molecule has 0 heterocycles. The number of carbonyl (C=O) groups excluding carboxylic acids is 1. The van der Waals surface area contributed by atoms with Gasteiger partial charge in [-0.25, -0.2) is 4.79 Å². The second-order valence-electron chi connectivity index (χ2n) is 4.23. The summed E-state index contributed by atoms with van der Waals surface area (Å²) in [5, 5.41) is 8.83. The first-order chi connectivity index (χ1) is 9.26. The standard InChI is InChI=1S/C14H23N3O2/c1-3-8-16-14(18)17-11-12-4-6-13(7-5-12)15-9-10-19-2/h4-7,15H,3,8-11H2,1-2H3,(H2,16,17,18). The molecule has 0 atom stereocenters. The summed E-state index contributed by atoms with van der Waals surface area (Å²) in [5.41, 5.74) is 2.13. The lowest BCUT2D eigenvalue weighted by molar-refractivity contribution is 0.211. The molecule has 2 amide bonds. The van der Waals surface area contributed by atoms with Gasteiger partial charge in [-0.05, 0) is 24.1 Å². The number of nitrogens with one attached hydrogen (secondary N) is 3. The summed E-state index contributed by atoms with van der Waals surface area (Å²) < 4.78 is 4.97. The minimum Gasteiger partial charge on any atom is -0.383 e. The molecule has 0 fully saturated rings. The fraction of sp³-hybridized carbons (Fsp3) is 0.500. The Kier molecular flexibility index (Phi) is 7.43. The van der Waals surface area contributed by atoms with Crippen molar-refractivity contribution in [3.63, 3.8) is 0 Å². The number of hydrogen-bond acceptors (Lipinski definition) is 3. The van der Waals surface area contributed by atoms with Gasteiger partial charge in [0.05, 0.1) is 6.61 Å². The maximum atomic E-state index is 11.4. The largest absolute Gasteiger partial charge is 0.383 e. The normalized spacial score (nSPS) is 10.0. The highest BCUT2D eigenvalue weighted by atomic mass is 16.5. The van der Waals surface area contributed by atoms with E-state index in [4.69, 9.17) is 4.74 Å². The number of rotatable bonds is 8. The van der Waals surface area contributed by atoms with Gasteiger partial charge in [-0.15, -0.1) is 0 Å². The average molecular weight is 265 g/mol. The Labute approximate surface area is 114 Å². The Bertz CT molecular complexity index is 365. The molecule has 5 nitrogen and oxygen atoms in total. The lowest BCUT2D eigenvalue weighted by Gasteiger charge is -2.08. The molecule has 3 N–H and O–H groups in total. The molecule has 106 valence electrons. The molecule has 0 radical (unpaired) electrons. The van der Waals surface area contributed by atoms with Crippen LogP contribution in [0.3, 0.4) is 0 Å². The third-order valence-electron chi connectivity index (χ3n) is 2.58. The summed E-state index contributed by atoms with van der Waals surface area (Å²) in [7, 11) is 1.68. The van der Waals surface area contributed by atoms with Crippen molar-refractivity contribution in [3.05, 3.63) is 29.8 Å². The number of benzene rings is 1. The molecular weight excluding hydrogens is 242 g/mol. The predicted molar refractivity (Wildman–Crippen MR) is 77.3 cm³/mol. The third kappa shape index (κ3) is 6.67. The number of hydrogen-bond donors (Lipinski definition) is 3. The Hall–Kier alpha value is -1.75. The zero-order valence-electron chi connectivity index (χ0n) is 11.7. The summed E-state index contributed by atoms with van der Waals surface area (Å²) in [4.78, 5) is 11.4. The summed E-state index contributed by atoms with van der Waals surface area (Å²) in [6.07, 6.45) is 0.940. The minimum atomic E-state index is -0.121. The zero-order valence-corrected chi connectivity index (χ0v) is 11.7. The van der Waals surface area contributed by atoms with Crippen molar-refractivity contribution in [3.8, 4) is 0 Å². The van der Waals surface area contributed by atoms with Crippen LogP contribution in [0.1, 0.15) is 18.9 Å². The zero-order chi connectivity index (χ0) is 13.9. The number of ether oxygens (including phenoxy) is 1. The van der Waals surface area contributed by atoms with E-state index >= 15 is 0 Å². The minimum absolute atomic E-state index is 0.121. The van der Waals surface area contributed by atoms with Crippen molar-refractivity contribution in [2.45, 2.75) is 19.9 Å². The molecule has 0 unspecified atom stereocenters. The summed E-state index contributed by atoms with van der Waals surface area (Å²) >= 11 is 0. The second kappa shape index (κ2) is 9.22. The lowest BCUT2D eigenvalue weighted by atomic mass is 10.2. The first-order valence-corrected chi connectivity index (χ1v) is 6.59. The van der Waals surface area contributed by atoms with Crippen molar-refractivity contribution in [2.75, 3.05) is 32.1 Å². The Morgan fingerprint density at radius 1 is 1.16 bits per heavy atom. The third-order valence-corrected chi connectivity index (χ3v) is 2.58. The molecule has 0 saturated heterocycles. The van der Waals surface area contributed by atoms with Crippen molar-refractivity contribution in [1.82, 2.24) is 10.6 Å². The molecule has 0 bridgehead atoms. The van der Waals surface area contributed by atoms with Crippen LogP contribution >= 0.6 is 0 Å². The highest BCUT2D eigenvalue weighted by Crippen LogP contribution is 2.08. The van der Waals surface area contributed by atoms with Crippen molar-refractivity contribution in [1.29, 1.82) is 0 Å². The number of amides is 2. The molecular formula is C14H23N3O2. The lowest BCUT2D eigenvalue weighted by Crippen LogP contribution is -2.35. The van der Waals surface area contributed by atoms with E-state index in [0.717, 1.165) is 24.2 Å². The van der Waals surface area contributed by atoms with Crippen molar-refractivity contribution in [2.24, 2.45) is 0 Å². The van der Waals surface area contributed by atoms with Crippen LogP contribution in [0.4, 0.5) is 10.5 Å². The monoisotopic (exact) mass is 265 g/mol. The van der Waals surface area contributed by atoms with Crippen LogP contribution in [-0.2, 0) is 11.3 Å². The average Bonchev–Trinajstić information content (AvgIpc) is 2.44. The molecule has 1 aromatic rings. The molecule has 1 aromatic carbocycles. The van der Waals surface area contributed by atoms with Gasteiger partial charge in [0, 0.05) is 32.4 Å². The molecule has 0 saturated carbocycles. The van der Waals surface area contributed by atoms with Gasteiger partial charge >= 0.3 is 6.03 Å². The second-order valence-corrected chi connectivity index (χ2v) is 4.23. The van der Waals surface area contributed by atoms with E-state index in [1.165, 1.54) is 0 Å².